The Balaban J connectivity index is 1.72. The van der Waals surface area contributed by atoms with E-state index in [2.05, 4.69) is 18.3 Å². The van der Waals surface area contributed by atoms with E-state index in [9.17, 15) is 9.90 Å². The number of aromatic hydroxyl groups is 1. The summed E-state index contributed by atoms with van der Waals surface area (Å²) in [4.78, 5) is 19.5. The molecule has 160 valence electrons. The highest BCUT2D eigenvalue weighted by atomic mass is 32.1. The van der Waals surface area contributed by atoms with E-state index in [4.69, 9.17) is 4.99 Å². The smallest absolute Gasteiger partial charge is 0.259 e. The molecule has 0 unspecified atom stereocenters. The van der Waals surface area contributed by atoms with Gasteiger partial charge in [0.25, 0.3) is 5.91 Å². The molecule has 3 aromatic rings. The first-order valence-corrected chi connectivity index (χ1v) is 11.7. The minimum atomic E-state index is -0.0790. The maximum Gasteiger partial charge on any atom is 0.259 e. The first-order chi connectivity index (χ1) is 15.0. The molecule has 1 heterocycles. The maximum absolute atomic E-state index is 13.5. The van der Waals surface area contributed by atoms with E-state index in [-0.39, 0.29) is 11.7 Å². The molecule has 0 fully saturated rings. The number of phenolic OH excluding ortho intramolecular Hbond substituents is 1. The van der Waals surface area contributed by atoms with Gasteiger partial charge in [0, 0.05) is 16.8 Å². The molecule has 4 nitrogen and oxygen atoms in total. The molecular weight excluding hydrogens is 404 g/mol. The van der Waals surface area contributed by atoms with Crippen molar-refractivity contribution in [3.05, 3.63) is 75.2 Å². The summed E-state index contributed by atoms with van der Waals surface area (Å²) in [6, 6.07) is 12.9. The molecule has 1 amide bonds. The fourth-order valence-electron chi connectivity index (χ4n) is 3.99. The van der Waals surface area contributed by atoms with E-state index in [1.807, 2.05) is 31.2 Å². The second kappa shape index (κ2) is 9.48. The van der Waals surface area contributed by atoms with Gasteiger partial charge in [-0.15, -0.1) is 11.3 Å². The molecule has 31 heavy (non-hydrogen) atoms. The van der Waals surface area contributed by atoms with E-state index in [0.717, 1.165) is 58.6 Å². The third kappa shape index (κ3) is 4.88. The summed E-state index contributed by atoms with van der Waals surface area (Å²) in [6.45, 7) is 4.09. The zero-order chi connectivity index (χ0) is 21.8. The zero-order valence-corrected chi connectivity index (χ0v) is 18.9. The van der Waals surface area contributed by atoms with Crippen molar-refractivity contribution in [2.24, 2.45) is 4.99 Å². The van der Waals surface area contributed by atoms with Crippen LogP contribution in [-0.4, -0.2) is 17.2 Å². The standard InChI is InChI=1S/C26H28N2O2S/c1-17-8-7-10-22(18(17)2)28-25(30)24-21-9-5-3-4-6-11-23(21)31-26(24)27-16-19-12-14-20(29)15-13-19/h7-8,10,12-16,29H,3-6,9,11H2,1-2H3,(H,28,30). The van der Waals surface area contributed by atoms with Gasteiger partial charge in [-0.2, -0.15) is 0 Å². The van der Waals surface area contributed by atoms with Gasteiger partial charge in [-0.05, 0) is 92.1 Å². The molecule has 0 radical (unpaired) electrons. The molecule has 2 N–H and O–H groups in total. The molecule has 0 saturated carbocycles. The number of hydrogen-bond acceptors (Lipinski definition) is 4. The fourth-order valence-corrected chi connectivity index (χ4v) is 5.23. The number of phenols is 1. The Kier molecular flexibility index (Phi) is 6.52. The van der Waals surface area contributed by atoms with Crippen LogP contribution in [0.1, 0.15) is 63.2 Å². The Morgan fingerprint density at radius 2 is 1.77 bits per heavy atom. The Hall–Kier alpha value is -2.92. The lowest BCUT2D eigenvalue weighted by Crippen LogP contribution is -2.15. The van der Waals surface area contributed by atoms with Crippen LogP contribution < -0.4 is 5.32 Å². The molecule has 4 rings (SSSR count). The highest BCUT2D eigenvalue weighted by Gasteiger charge is 2.24. The van der Waals surface area contributed by atoms with Crippen LogP contribution in [0.3, 0.4) is 0 Å². The third-order valence-corrected chi connectivity index (χ3v) is 7.16. The number of fused-ring (bicyclic) bond motifs is 1. The number of aryl methyl sites for hydroxylation is 2. The minimum Gasteiger partial charge on any atom is -0.508 e. The van der Waals surface area contributed by atoms with E-state index in [0.29, 0.717) is 0 Å². The summed E-state index contributed by atoms with van der Waals surface area (Å²) in [6.07, 6.45) is 8.43. The Bertz CT molecular complexity index is 1110. The minimum absolute atomic E-state index is 0.0790. The summed E-state index contributed by atoms with van der Waals surface area (Å²) in [5, 5.41) is 13.4. The van der Waals surface area contributed by atoms with Gasteiger partial charge in [0.1, 0.15) is 10.8 Å². The van der Waals surface area contributed by atoms with Crippen LogP contribution in [-0.2, 0) is 12.8 Å². The van der Waals surface area contributed by atoms with Crippen LogP contribution in [0.15, 0.2) is 47.5 Å². The lowest BCUT2D eigenvalue weighted by Gasteiger charge is -2.13. The molecule has 2 aromatic carbocycles. The van der Waals surface area contributed by atoms with Crippen LogP contribution in [0, 0.1) is 13.8 Å². The molecular formula is C26H28N2O2S. The number of nitrogens with zero attached hydrogens (tertiary/aromatic N) is 1. The van der Waals surface area contributed by atoms with Crippen LogP contribution in [0.2, 0.25) is 0 Å². The van der Waals surface area contributed by atoms with Gasteiger partial charge in [0.15, 0.2) is 0 Å². The Morgan fingerprint density at radius 3 is 2.55 bits per heavy atom. The van der Waals surface area contributed by atoms with Gasteiger partial charge in [0.05, 0.1) is 5.56 Å². The second-order valence-corrected chi connectivity index (χ2v) is 9.23. The van der Waals surface area contributed by atoms with Crippen molar-refractivity contribution in [2.75, 3.05) is 5.32 Å². The van der Waals surface area contributed by atoms with Crippen molar-refractivity contribution < 1.29 is 9.90 Å². The number of carbonyl (C=O) groups excluding carboxylic acids is 1. The topological polar surface area (TPSA) is 61.7 Å². The van der Waals surface area contributed by atoms with Crippen molar-refractivity contribution in [3.63, 3.8) is 0 Å². The number of thiophene rings is 1. The van der Waals surface area contributed by atoms with Gasteiger partial charge in [-0.25, -0.2) is 4.99 Å². The first kappa shape index (κ1) is 21.3. The SMILES string of the molecule is Cc1cccc(NC(=O)c2c(N=Cc3ccc(O)cc3)sc3c2CCCCCC3)c1C. The maximum atomic E-state index is 13.5. The molecule has 5 heteroatoms. The van der Waals surface area contributed by atoms with E-state index >= 15 is 0 Å². The number of carbonyl (C=O) groups is 1. The number of hydrogen-bond donors (Lipinski definition) is 2. The highest BCUT2D eigenvalue weighted by Crippen LogP contribution is 2.39. The third-order valence-electron chi connectivity index (χ3n) is 5.96. The Morgan fingerprint density at radius 1 is 1.03 bits per heavy atom. The number of anilines is 1. The molecule has 0 bridgehead atoms. The molecule has 0 saturated heterocycles. The predicted molar refractivity (Wildman–Crippen MR) is 129 cm³/mol. The summed E-state index contributed by atoms with van der Waals surface area (Å²) >= 11 is 1.65. The molecule has 1 aliphatic rings. The molecule has 1 aliphatic carbocycles. The van der Waals surface area contributed by atoms with E-state index in [1.54, 1.807) is 29.7 Å². The van der Waals surface area contributed by atoms with E-state index in [1.165, 1.54) is 23.3 Å². The van der Waals surface area contributed by atoms with Crippen LogP contribution >= 0.6 is 11.3 Å². The van der Waals surface area contributed by atoms with Crippen molar-refractivity contribution in [1.29, 1.82) is 0 Å². The van der Waals surface area contributed by atoms with Gasteiger partial charge >= 0.3 is 0 Å². The van der Waals surface area contributed by atoms with Gasteiger partial charge in [-0.3, -0.25) is 4.79 Å². The van der Waals surface area contributed by atoms with Crippen molar-refractivity contribution in [2.45, 2.75) is 52.4 Å². The van der Waals surface area contributed by atoms with Gasteiger partial charge in [-0.1, -0.05) is 25.0 Å². The number of aliphatic imine (C=N–C) groups is 1. The van der Waals surface area contributed by atoms with Gasteiger partial charge in [0.2, 0.25) is 0 Å². The number of amides is 1. The predicted octanol–water partition coefficient (Wildman–Crippen LogP) is 6.73. The number of benzene rings is 2. The molecule has 1 aromatic heterocycles. The lowest BCUT2D eigenvalue weighted by atomic mass is 9.96. The van der Waals surface area contributed by atoms with Crippen LogP contribution in [0.4, 0.5) is 10.7 Å². The van der Waals surface area contributed by atoms with Crippen LogP contribution in [0.25, 0.3) is 0 Å². The largest absolute Gasteiger partial charge is 0.508 e. The van der Waals surface area contributed by atoms with Gasteiger partial charge < -0.3 is 10.4 Å². The highest BCUT2D eigenvalue weighted by molar-refractivity contribution is 7.16. The van der Waals surface area contributed by atoms with Crippen molar-refractivity contribution in [1.82, 2.24) is 0 Å². The summed E-state index contributed by atoms with van der Waals surface area (Å²) in [5.41, 5.74) is 5.87. The lowest BCUT2D eigenvalue weighted by molar-refractivity contribution is 0.102. The summed E-state index contributed by atoms with van der Waals surface area (Å²) in [5.74, 6) is 0.148. The quantitative estimate of drug-likeness (QED) is 0.449. The van der Waals surface area contributed by atoms with Crippen molar-refractivity contribution in [3.8, 4) is 5.75 Å². The fraction of sp³-hybridized carbons (Fsp3) is 0.308. The molecule has 0 spiro atoms. The molecule has 0 aliphatic heterocycles. The van der Waals surface area contributed by atoms with E-state index < -0.39 is 0 Å². The monoisotopic (exact) mass is 432 g/mol. The van der Waals surface area contributed by atoms with Crippen LogP contribution in [0.5, 0.6) is 5.75 Å². The first-order valence-electron chi connectivity index (χ1n) is 10.9. The summed E-state index contributed by atoms with van der Waals surface area (Å²) < 4.78 is 0. The average Bonchev–Trinajstić information content (AvgIpc) is 3.07. The number of rotatable bonds is 4. The zero-order valence-electron chi connectivity index (χ0n) is 18.1. The molecule has 0 atom stereocenters. The second-order valence-electron chi connectivity index (χ2n) is 8.15. The van der Waals surface area contributed by atoms with Crippen molar-refractivity contribution >= 4 is 34.1 Å². The Labute approximate surface area is 187 Å². The average molecular weight is 433 g/mol. The summed E-state index contributed by atoms with van der Waals surface area (Å²) in [7, 11) is 0. The number of nitrogens with one attached hydrogen (secondary N) is 1. The normalized spacial score (nSPS) is 14.1.